The Morgan fingerprint density at radius 3 is 2.55 bits per heavy atom. The number of nitrogens with zero attached hydrogens (tertiary/aromatic N) is 2. The summed E-state index contributed by atoms with van der Waals surface area (Å²) in [5.41, 5.74) is 9.46. The summed E-state index contributed by atoms with van der Waals surface area (Å²) in [6.45, 7) is 1.83. The quantitative estimate of drug-likeness (QED) is 0.722. The van der Waals surface area contributed by atoms with E-state index in [1.165, 1.54) is 0 Å². The molecule has 1 atom stereocenters. The Balaban J connectivity index is 0.00000240. The third kappa shape index (κ3) is 4.36. The summed E-state index contributed by atoms with van der Waals surface area (Å²) in [6.07, 6.45) is 3.44. The van der Waals surface area contributed by atoms with Gasteiger partial charge >= 0.3 is 0 Å². The number of nitrogens with two attached hydrogens (primary N) is 1. The maximum absolute atomic E-state index is 13.3. The van der Waals surface area contributed by atoms with Gasteiger partial charge in [-0.05, 0) is 67.6 Å². The van der Waals surface area contributed by atoms with Crippen LogP contribution in [0.2, 0.25) is 5.02 Å². The number of carbonyl (C=O) groups excluding carboxylic acids is 2. The van der Waals surface area contributed by atoms with Crippen molar-refractivity contribution < 1.29 is 9.59 Å². The average molecular weight is 434 g/mol. The molecule has 4 rings (SSSR count). The molecule has 0 saturated carbocycles. The van der Waals surface area contributed by atoms with Gasteiger partial charge in [-0.25, -0.2) is 0 Å². The van der Waals surface area contributed by atoms with E-state index in [1.54, 1.807) is 29.2 Å². The van der Waals surface area contributed by atoms with E-state index < -0.39 is 0 Å². The van der Waals surface area contributed by atoms with Crippen LogP contribution in [0, 0.1) is 5.92 Å². The molecule has 1 saturated heterocycles. The van der Waals surface area contributed by atoms with Crippen LogP contribution in [0.25, 0.3) is 0 Å². The number of amides is 2. The first-order valence-corrected chi connectivity index (χ1v) is 10.2. The first-order valence-electron chi connectivity index (χ1n) is 9.78. The molecule has 2 aliphatic heterocycles. The topological polar surface area (TPSA) is 66.6 Å². The van der Waals surface area contributed by atoms with Crippen LogP contribution in [0.5, 0.6) is 0 Å². The van der Waals surface area contributed by atoms with E-state index in [0.29, 0.717) is 30.2 Å². The molecule has 5 nitrogen and oxygen atoms in total. The predicted octanol–water partition coefficient (Wildman–Crippen LogP) is 4.18. The van der Waals surface area contributed by atoms with E-state index in [2.05, 4.69) is 0 Å². The molecule has 2 aromatic carbocycles. The Morgan fingerprint density at radius 2 is 1.79 bits per heavy atom. The smallest absolute Gasteiger partial charge is 0.253 e. The van der Waals surface area contributed by atoms with Gasteiger partial charge in [-0.3, -0.25) is 9.59 Å². The molecule has 7 heteroatoms. The van der Waals surface area contributed by atoms with Crippen molar-refractivity contribution in [2.75, 3.05) is 30.3 Å². The normalized spacial score (nSPS) is 18.6. The lowest BCUT2D eigenvalue weighted by Gasteiger charge is -2.37. The van der Waals surface area contributed by atoms with Crippen molar-refractivity contribution in [3.8, 4) is 0 Å². The fourth-order valence-corrected chi connectivity index (χ4v) is 4.37. The second kappa shape index (κ2) is 9.06. The fourth-order valence-electron chi connectivity index (χ4n) is 4.24. The molecular formula is C22H25Cl2N3O2. The van der Waals surface area contributed by atoms with Crippen molar-refractivity contribution in [1.82, 2.24) is 4.90 Å². The van der Waals surface area contributed by atoms with E-state index in [1.807, 2.05) is 23.1 Å². The van der Waals surface area contributed by atoms with Crippen LogP contribution in [-0.4, -0.2) is 36.3 Å². The highest BCUT2D eigenvalue weighted by Gasteiger charge is 2.34. The third-order valence-corrected chi connectivity index (χ3v) is 5.95. The molecule has 0 spiro atoms. The molecule has 154 valence electrons. The van der Waals surface area contributed by atoms with E-state index in [4.69, 9.17) is 17.3 Å². The Hall–Kier alpha value is -2.24. The number of nitrogen functional groups attached to an aromatic ring is 1. The van der Waals surface area contributed by atoms with Crippen LogP contribution < -0.4 is 10.6 Å². The van der Waals surface area contributed by atoms with Gasteiger partial charge < -0.3 is 15.5 Å². The fraction of sp³-hybridized carbons (Fsp3) is 0.364. The maximum atomic E-state index is 13.3. The van der Waals surface area contributed by atoms with Crippen LogP contribution in [0.4, 0.5) is 11.4 Å². The van der Waals surface area contributed by atoms with E-state index in [9.17, 15) is 9.59 Å². The number of benzene rings is 2. The molecule has 2 aromatic rings. The predicted molar refractivity (Wildman–Crippen MR) is 119 cm³/mol. The summed E-state index contributed by atoms with van der Waals surface area (Å²) in [4.78, 5) is 29.8. The number of halogens is 2. The molecule has 0 aromatic heterocycles. The third-order valence-electron chi connectivity index (χ3n) is 5.70. The minimum Gasteiger partial charge on any atom is -0.398 e. The van der Waals surface area contributed by atoms with Gasteiger partial charge in [0, 0.05) is 41.6 Å². The standard InChI is InChI=1S/C22H24ClN3O2.ClH/c23-17-10-8-15(9-11-17)21(27)25-12-2-4-16(14-25)22(28)26-13-3-5-18-19(24)6-1-7-20(18)26;/h1,6-11,16H,2-5,12-14,24H2;1H. The van der Waals surface area contributed by atoms with Crippen molar-refractivity contribution in [3.63, 3.8) is 0 Å². The van der Waals surface area contributed by atoms with Crippen LogP contribution in [0.15, 0.2) is 42.5 Å². The summed E-state index contributed by atoms with van der Waals surface area (Å²) >= 11 is 5.92. The minimum atomic E-state index is -0.183. The lowest BCUT2D eigenvalue weighted by molar-refractivity contribution is -0.123. The van der Waals surface area contributed by atoms with Crippen molar-refractivity contribution >= 4 is 47.2 Å². The van der Waals surface area contributed by atoms with Gasteiger partial charge in [0.25, 0.3) is 5.91 Å². The number of fused-ring (bicyclic) bond motifs is 1. The van der Waals surface area contributed by atoms with E-state index >= 15 is 0 Å². The maximum Gasteiger partial charge on any atom is 0.253 e. The summed E-state index contributed by atoms with van der Waals surface area (Å²) < 4.78 is 0. The number of likely N-dealkylation sites (tertiary alicyclic amines) is 1. The van der Waals surface area contributed by atoms with Crippen molar-refractivity contribution in [1.29, 1.82) is 0 Å². The zero-order valence-corrected chi connectivity index (χ0v) is 17.7. The highest BCUT2D eigenvalue weighted by Crippen LogP contribution is 2.33. The van der Waals surface area contributed by atoms with Crippen LogP contribution >= 0.6 is 24.0 Å². The number of anilines is 2. The van der Waals surface area contributed by atoms with Gasteiger partial charge in [-0.1, -0.05) is 17.7 Å². The van der Waals surface area contributed by atoms with E-state index in [0.717, 1.165) is 42.6 Å². The molecule has 1 fully saturated rings. The molecular weight excluding hydrogens is 409 g/mol. The van der Waals surface area contributed by atoms with Gasteiger partial charge in [0.2, 0.25) is 5.91 Å². The molecule has 0 radical (unpaired) electrons. The van der Waals surface area contributed by atoms with Gasteiger partial charge in [-0.15, -0.1) is 12.4 Å². The van der Waals surface area contributed by atoms with Crippen molar-refractivity contribution in [2.45, 2.75) is 25.7 Å². The Kier molecular flexibility index (Phi) is 6.70. The highest BCUT2D eigenvalue weighted by atomic mass is 35.5. The molecule has 29 heavy (non-hydrogen) atoms. The Bertz CT molecular complexity index is 901. The zero-order chi connectivity index (χ0) is 19.7. The minimum absolute atomic E-state index is 0. The van der Waals surface area contributed by atoms with Crippen LogP contribution in [0.1, 0.15) is 35.2 Å². The summed E-state index contributed by atoms with van der Waals surface area (Å²) in [6, 6.07) is 12.7. The summed E-state index contributed by atoms with van der Waals surface area (Å²) in [7, 11) is 0. The van der Waals surface area contributed by atoms with Gasteiger partial charge in [0.1, 0.15) is 0 Å². The molecule has 2 amide bonds. The number of piperidine rings is 1. The highest BCUT2D eigenvalue weighted by molar-refractivity contribution is 6.30. The monoisotopic (exact) mass is 433 g/mol. The lowest BCUT2D eigenvalue weighted by atomic mass is 9.93. The second-order valence-corrected chi connectivity index (χ2v) is 7.97. The lowest BCUT2D eigenvalue weighted by Crippen LogP contribution is -2.48. The summed E-state index contributed by atoms with van der Waals surface area (Å²) in [5, 5.41) is 0.603. The second-order valence-electron chi connectivity index (χ2n) is 7.54. The number of hydrogen-bond donors (Lipinski definition) is 1. The van der Waals surface area contributed by atoms with Crippen LogP contribution in [-0.2, 0) is 11.2 Å². The summed E-state index contributed by atoms with van der Waals surface area (Å²) in [5.74, 6) is -0.130. The molecule has 0 aliphatic carbocycles. The molecule has 2 aliphatic rings. The van der Waals surface area contributed by atoms with Crippen molar-refractivity contribution in [2.24, 2.45) is 5.92 Å². The average Bonchev–Trinajstić information content (AvgIpc) is 2.73. The Labute approximate surface area is 182 Å². The SMILES string of the molecule is Cl.Nc1cccc2c1CCCN2C(=O)C1CCCN(C(=O)c2ccc(Cl)cc2)C1. The van der Waals surface area contributed by atoms with Gasteiger partial charge in [0.15, 0.2) is 0 Å². The van der Waals surface area contributed by atoms with E-state index in [-0.39, 0.29) is 30.1 Å². The zero-order valence-electron chi connectivity index (χ0n) is 16.1. The molecule has 2 heterocycles. The first kappa shape index (κ1) is 21.5. The molecule has 2 N–H and O–H groups in total. The number of rotatable bonds is 2. The number of hydrogen-bond acceptors (Lipinski definition) is 3. The van der Waals surface area contributed by atoms with Gasteiger partial charge in [0.05, 0.1) is 5.92 Å². The molecule has 0 bridgehead atoms. The van der Waals surface area contributed by atoms with Crippen molar-refractivity contribution in [3.05, 3.63) is 58.6 Å². The molecule has 1 unspecified atom stereocenters. The van der Waals surface area contributed by atoms with Gasteiger partial charge in [-0.2, -0.15) is 0 Å². The first-order chi connectivity index (χ1) is 13.5. The Morgan fingerprint density at radius 1 is 1.03 bits per heavy atom. The van der Waals surface area contributed by atoms with Crippen LogP contribution in [0.3, 0.4) is 0 Å². The number of carbonyl (C=O) groups is 2. The largest absolute Gasteiger partial charge is 0.398 e.